The second-order valence-electron chi connectivity index (χ2n) is 4.98. The molecule has 0 spiro atoms. The minimum Gasteiger partial charge on any atom is -0.347 e. The van der Waals surface area contributed by atoms with Gasteiger partial charge in [-0.1, -0.05) is 19.8 Å². The Morgan fingerprint density at radius 3 is 2.78 bits per heavy atom. The van der Waals surface area contributed by atoms with E-state index >= 15 is 0 Å². The number of hydrogen-bond acceptors (Lipinski definition) is 3. The Kier molecular flexibility index (Phi) is 4.78. The number of aryl methyl sites for hydroxylation is 1. The average Bonchev–Trinajstić information content (AvgIpc) is 3.05. The van der Waals surface area contributed by atoms with E-state index in [1.165, 1.54) is 30.6 Å². The van der Waals surface area contributed by atoms with Crippen LogP contribution < -0.4 is 11.1 Å². The zero-order valence-corrected chi connectivity index (χ0v) is 11.8. The van der Waals surface area contributed by atoms with Gasteiger partial charge in [-0.3, -0.25) is 4.79 Å². The lowest BCUT2D eigenvalue weighted by atomic mass is 9.98. The third-order valence-corrected chi connectivity index (χ3v) is 5.00. The van der Waals surface area contributed by atoms with Crippen LogP contribution in [0.3, 0.4) is 0 Å². The molecule has 1 aliphatic carbocycles. The van der Waals surface area contributed by atoms with Crippen LogP contribution in [0.2, 0.25) is 0 Å². The largest absolute Gasteiger partial charge is 0.347 e. The fraction of sp³-hybridized carbons (Fsp3) is 0.643. The molecule has 0 aliphatic heterocycles. The van der Waals surface area contributed by atoms with Crippen molar-refractivity contribution in [2.75, 3.05) is 6.54 Å². The highest BCUT2D eigenvalue weighted by Crippen LogP contribution is 2.27. The molecule has 1 atom stereocenters. The summed E-state index contributed by atoms with van der Waals surface area (Å²) in [5, 5.41) is 3.11. The molecule has 0 radical (unpaired) electrons. The summed E-state index contributed by atoms with van der Waals surface area (Å²) < 4.78 is 0. The van der Waals surface area contributed by atoms with Gasteiger partial charge in [0, 0.05) is 17.5 Å². The van der Waals surface area contributed by atoms with Gasteiger partial charge in [-0.05, 0) is 37.3 Å². The van der Waals surface area contributed by atoms with E-state index in [1.807, 2.05) is 12.1 Å². The molecule has 100 valence electrons. The number of nitrogens with one attached hydrogen (secondary N) is 1. The highest BCUT2D eigenvalue weighted by atomic mass is 32.1. The smallest absolute Gasteiger partial charge is 0.261 e. The summed E-state index contributed by atoms with van der Waals surface area (Å²) in [5.41, 5.74) is 5.80. The van der Waals surface area contributed by atoms with Gasteiger partial charge in [0.25, 0.3) is 5.91 Å². The van der Waals surface area contributed by atoms with E-state index in [4.69, 9.17) is 5.73 Å². The zero-order chi connectivity index (χ0) is 13.0. The molecule has 0 bridgehead atoms. The average molecular weight is 266 g/mol. The second-order valence-corrected chi connectivity index (χ2v) is 6.15. The van der Waals surface area contributed by atoms with Crippen LogP contribution in [0.1, 0.15) is 47.2 Å². The molecule has 1 amide bonds. The van der Waals surface area contributed by atoms with E-state index in [0.717, 1.165) is 11.3 Å². The van der Waals surface area contributed by atoms with Crippen LogP contribution in [0.25, 0.3) is 0 Å². The highest BCUT2D eigenvalue weighted by Gasteiger charge is 2.25. The van der Waals surface area contributed by atoms with Gasteiger partial charge in [-0.2, -0.15) is 0 Å². The maximum atomic E-state index is 12.1. The first kappa shape index (κ1) is 13.6. The quantitative estimate of drug-likeness (QED) is 0.860. The van der Waals surface area contributed by atoms with Crippen molar-refractivity contribution in [3.8, 4) is 0 Å². The summed E-state index contributed by atoms with van der Waals surface area (Å²) in [5.74, 6) is 0.617. The molecule has 3 nitrogen and oxygen atoms in total. The van der Waals surface area contributed by atoms with Crippen LogP contribution >= 0.6 is 11.3 Å². The Bertz CT molecular complexity index is 396. The van der Waals surface area contributed by atoms with Crippen LogP contribution in [0.15, 0.2) is 12.1 Å². The van der Waals surface area contributed by atoms with Crippen molar-refractivity contribution in [2.24, 2.45) is 11.7 Å². The van der Waals surface area contributed by atoms with Crippen LogP contribution in [0.4, 0.5) is 0 Å². The fourth-order valence-electron chi connectivity index (χ4n) is 2.66. The number of amides is 1. The van der Waals surface area contributed by atoms with Crippen LogP contribution in [0.5, 0.6) is 0 Å². The topological polar surface area (TPSA) is 55.1 Å². The molecule has 0 aromatic carbocycles. The van der Waals surface area contributed by atoms with Crippen molar-refractivity contribution in [1.29, 1.82) is 0 Å². The molecule has 3 N–H and O–H groups in total. The molecule has 1 unspecified atom stereocenters. The maximum Gasteiger partial charge on any atom is 0.261 e. The van der Waals surface area contributed by atoms with E-state index in [-0.39, 0.29) is 11.9 Å². The number of nitrogens with two attached hydrogens (primary N) is 1. The summed E-state index contributed by atoms with van der Waals surface area (Å²) in [7, 11) is 0. The molecule has 2 rings (SSSR count). The minimum atomic E-state index is 0.0436. The van der Waals surface area contributed by atoms with Gasteiger partial charge < -0.3 is 11.1 Å². The second kappa shape index (κ2) is 6.34. The summed E-state index contributed by atoms with van der Waals surface area (Å²) in [6.07, 6.45) is 5.94. The molecule has 1 aromatic heterocycles. The van der Waals surface area contributed by atoms with Crippen molar-refractivity contribution in [2.45, 2.75) is 45.1 Å². The molecule has 1 saturated carbocycles. The fourth-order valence-corrected chi connectivity index (χ4v) is 3.51. The third kappa shape index (κ3) is 3.12. The molecule has 1 aliphatic rings. The van der Waals surface area contributed by atoms with E-state index in [1.54, 1.807) is 11.3 Å². The Labute approximate surface area is 113 Å². The van der Waals surface area contributed by atoms with E-state index in [2.05, 4.69) is 12.2 Å². The predicted octanol–water partition coefficient (Wildman–Crippen LogP) is 2.56. The Hall–Kier alpha value is -0.870. The first-order chi connectivity index (χ1) is 8.74. The van der Waals surface area contributed by atoms with Crippen LogP contribution in [-0.2, 0) is 6.42 Å². The van der Waals surface area contributed by atoms with Crippen molar-refractivity contribution >= 4 is 17.2 Å². The van der Waals surface area contributed by atoms with Gasteiger partial charge in [-0.25, -0.2) is 0 Å². The Balaban J connectivity index is 1.96. The molecule has 0 saturated heterocycles. The normalized spacial score (nSPS) is 17.9. The molecular weight excluding hydrogens is 244 g/mol. The van der Waals surface area contributed by atoms with Crippen molar-refractivity contribution < 1.29 is 4.79 Å². The van der Waals surface area contributed by atoms with E-state index in [9.17, 15) is 4.79 Å². The van der Waals surface area contributed by atoms with Crippen molar-refractivity contribution in [3.63, 3.8) is 0 Å². The maximum absolute atomic E-state index is 12.1. The summed E-state index contributed by atoms with van der Waals surface area (Å²) >= 11 is 1.58. The van der Waals surface area contributed by atoms with Gasteiger partial charge in [0.2, 0.25) is 0 Å². The molecule has 4 heteroatoms. The molecule has 1 fully saturated rings. The first-order valence-electron chi connectivity index (χ1n) is 6.84. The van der Waals surface area contributed by atoms with Crippen molar-refractivity contribution in [3.05, 3.63) is 21.9 Å². The molecule has 18 heavy (non-hydrogen) atoms. The summed E-state index contributed by atoms with van der Waals surface area (Å²) in [6, 6.07) is 4.10. The SMILES string of the molecule is CCc1ccc(C(=O)NC(CN)C2CCCC2)s1. The third-order valence-electron chi connectivity index (χ3n) is 3.77. The van der Waals surface area contributed by atoms with Crippen LogP contribution in [0, 0.1) is 5.92 Å². The van der Waals surface area contributed by atoms with Gasteiger partial charge in [0.15, 0.2) is 0 Å². The molecule has 1 aromatic rings. The summed E-state index contributed by atoms with van der Waals surface area (Å²) in [6.45, 7) is 2.65. The first-order valence-corrected chi connectivity index (χ1v) is 7.66. The van der Waals surface area contributed by atoms with Crippen LogP contribution in [-0.4, -0.2) is 18.5 Å². The van der Waals surface area contributed by atoms with Gasteiger partial charge in [0.05, 0.1) is 4.88 Å². The van der Waals surface area contributed by atoms with Gasteiger partial charge >= 0.3 is 0 Å². The Morgan fingerprint density at radius 2 is 2.22 bits per heavy atom. The van der Waals surface area contributed by atoms with E-state index < -0.39 is 0 Å². The van der Waals surface area contributed by atoms with Gasteiger partial charge in [-0.15, -0.1) is 11.3 Å². The number of carbonyl (C=O) groups excluding carboxylic acids is 1. The Morgan fingerprint density at radius 1 is 1.50 bits per heavy atom. The lowest BCUT2D eigenvalue weighted by molar-refractivity contribution is 0.0928. The zero-order valence-electron chi connectivity index (χ0n) is 10.9. The van der Waals surface area contributed by atoms with Crippen molar-refractivity contribution in [1.82, 2.24) is 5.32 Å². The lowest BCUT2D eigenvalue weighted by Crippen LogP contribution is -2.44. The predicted molar refractivity (Wildman–Crippen MR) is 76.0 cm³/mol. The molecule has 1 heterocycles. The molecular formula is C14H22N2OS. The standard InChI is InChI=1S/C14H22N2OS/c1-2-11-7-8-13(18-11)14(17)16-12(9-15)10-5-3-4-6-10/h7-8,10,12H,2-6,9,15H2,1H3,(H,16,17). The summed E-state index contributed by atoms with van der Waals surface area (Å²) in [4.78, 5) is 14.2. The monoisotopic (exact) mass is 266 g/mol. The lowest BCUT2D eigenvalue weighted by Gasteiger charge is -2.22. The number of thiophene rings is 1. The number of rotatable bonds is 5. The van der Waals surface area contributed by atoms with Gasteiger partial charge in [0.1, 0.15) is 0 Å². The number of carbonyl (C=O) groups is 1. The number of hydrogen-bond donors (Lipinski definition) is 2. The highest BCUT2D eigenvalue weighted by molar-refractivity contribution is 7.14. The minimum absolute atomic E-state index is 0.0436. The van der Waals surface area contributed by atoms with E-state index in [0.29, 0.717) is 12.5 Å².